The minimum Gasteiger partial charge on any atom is -0.348 e. The molecule has 0 aliphatic heterocycles. The first-order valence-corrected chi connectivity index (χ1v) is 4.26. The molecule has 72 valence electrons. The Morgan fingerprint density at radius 2 is 2.25 bits per heavy atom. The van der Waals surface area contributed by atoms with Crippen molar-refractivity contribution in [1.82, 2.24) is 9.97 Å². The van der Waals surface area contributed by atoms with Gasteiger partial charge in [-0.2, -0.15) is 0 Å². The van der Waals surface area contributed by atoms with E-state index < -0.39 is 0 Å². The van der Waals surface area contributed by atoms with E-state index in [0.717, 1.165) is 17.1 Å². The predicted molar refractivity (Wildman–Crippen MR) is 58.2 cm³/mol. The summed E-state index contributed by atoms with van der Waals surface area (Å²) in [5.41, 5.74) is 7.57. The lowest BCUT2D eigenvalue weighted by molar-refractivity contribution is 1.19. The van der Waals surface area contributed by atoms with Crippen LogP contribution < -0.4 is 5.73 Å². The summed E-state index contributed by atoms with van der Waals surface area (Å²) in [7, 11) is 0. The van der Waals surface area contributed by atoms with Gasteiger partial charge in [-0.1, -0.05) is 0 Å². The Hall–Kier alpha value is 0.1000. The Morgan fingerprint density at radius 3 is 2.67 bits per heavy atom. The van der Waals surface area contributed by atoms with Crippen molar-refractivity contribution in [2.45, 2.75) is 12.7 Å². The first-order chi connectivity index (χ1) is 4.84. The molecule has 0 bridgehead atoms. The molecule has 1 heterocycles. The third kappa shape index (κ3) is 4.21. The molecule has 0 spiro atoms. The number of aryl methyl sites for hydroxylation is 1. The molecule has 0 aliphatic carbocycles. The zero-order valence-corrected chi connectivity index (χ0v) is 9.19. The molecule has 0 radical (unpaired) electrons. The number of hydrogen-bond donors (Lipinski definition) is 2. The van der Waals surface area contributed by atoms with Crippen LogP contribution in [0.1, 0.15) is 11.4 Å². The lowest BCUT2D eigenvalue weighted by Crippen LogP contribution is -1.94. The summed E-state index contributed by atoms with van der Waals surface area (Å²) in [6, 6.07) is 0. The van der Waals surface area contributed by atoms with Gasteiger partial charge in [0, 0.05) is 17.3 Å². The Balaban J connectivity index is 0. The second kappa shape index (κ2) is 7.73. The van der Waals surface area contributed by atoms with Crippen LogP contribution in [-0.4, -0.2) is 15.8 Å². The molecule has 3 N–H and O–H groups in total. The highest BCUT2D eigenvalue weighted by atomic mass is 35.5. The summed E-state index contributed by atoms with van der Waals surface area (Å²) < 4.78 is 0. The van der Waals surface area contributed by atoms with E-state index in [1.807, 2.05) is 6.92 Å². The third-order valence-corrected chi connectivity index (χ3v) is 2.00. The van der Waals surface area contributed by atoms with Crippen LogP contribution in [0.3, 0.4) is 0 Å². The molecule has 0 fully saturated rings. The smallest absolute Gasteiger partial charge is 0.0925 e. The molecule has 3 nitrogen and oxygen atoms in total. The van der Waals surface area contributed by atoms with E-state index in [1.165, 1.54) is 0 Å². The maximum Gasteiger partial charge on any atom is 0.0925 e. The molecular formula is C6H13Cl2N3S. The molecule has 0 aromatic carbocycles. The van der Waals surface area contributed by atoms with Crippen LogP contribution in [-0.2, 0) is 5.75 Å². The normalized spacial score (nSPS) is 8.50. The van der Waals surface area contributed by atoms with Crippen LogP contribution in [0, 0.1) is 6.92 Å². The zero-order chi connectivity index (χ0) is 7.40. The molecule has 1 aromatic heterocycles. The molecule has 0 amide bonds. The quantitative estimate of drug-likeness (QED) is 0.777. The first-order valence-electron chi connectivity index (χ1n) is 3.11. The van der Waals surface area contributed by atoms with Crippen LogP contribution in [0.5, 0.6) is 0 Å². The molecule has 12 heavy (non-hydrogen) atoms. The lowest BCUT2D eigenvalue weighted by Gasteiger charge is -1.94. The van der Waals surface area contributed by atoms with Crippen molar-refractivity contribution in [1.29, 1.82) is 0 Å². The number of nitrogens with zero attached hydrogens (tertiary/aromatic N) is 1. The van der Waals surface area contributed by atoms with Gasteiger partial charge >= 0.3 is 0 Å². The maximum absolute atomic E-state index is 5.32. The van der Waals surface area contributed by atoms with E-state index >= 15 is 0 Å². The number of thioether (sulfide) groups is 1. The standard InChI is InChI=1S/C6H11N3S.2ClH/c1-5-6(2-10-3-7)9-4-8-5;;/h4H,2-3,7H2,1H3,(H,8,9);2*1H. The highest BCUT2D eigenvalue weighted by Crippen LogP contribution is 2.09. The van der Waals surface area contributed by atoms with E-state index in [0.29, 0.717) is 5.88 Å². The lowest BCUT2D eigenvalue weighted by atomic mass is 10.4. The van der Waals surface area contributed by atoms with E-state index in [9.17, 15) is 0 Å². The molecule has 6 heteroatoms. The maximum atomic E-state index is 5.32. The minimum atomic E-state index is 0. The average Bonchev–Trinajstić information content (AvgIpc) is 2.31. The van der Waals surface area contributed by atoms with Gasteiger partial charge in [0.1, 0.15) is 0 Å². The highest BCUT2D eigenvalue weighted by Gasteiger charge is 1.98. The van der Waals surface area contributed by atoms with Crippen LogP contribution in [0.2, 0.25) is 0 Å². The number of imidazole rings is 1. The molecular weight excluding hydrogens is 217 g/mol. The van der Waals surface area contributed by atoms with Gasteiger partial charge in [-0.15, -0.1) is 36.6 Å². The predicted octanol–water partition coefficient (Wildman–Crippen LogP) is 1.71. The van der Waals surface area contributed by atoms with Gasteiger partial charge < -0.3 is 10.7 Å². The first kappa shape index (κ1) is 14.6. The van der Waals surface area contributed by atoms with Gasteiger partial charge in [-0.25, -0.2) is 4.98 Å². The van der Waals surface area contributed by atoms with Gasteiger partial charge in [-0.05, 0) is 6.92 Å². The van der Waals surface area contributed by atoms with E-state index in [4.69, 9.17) is 5.73 Å². The summed E-state index contributed by atoms with van der Waals surface area (Å²) in [6.07, 6.45) is 1.71. The van der Waals surface area contributed by atoms with Gasteiger partial charge in [0.25, 0.3) is 0 Å². The van der Waals surface area contributed by atoms with Crippen LogP contribution in [0.4, 0.5) is 0 Å². The SMILES string of the molecule is Cc1[nH]cnc1CSCN.Cl.Cl. The largest absolute Gasteiger partial charge is 0.348 e. The molecule has 0 atom stereocenters. The number of aromatic amines is 1. The fourth-order valence-corrected chi connectivity index (χ4v) is 1.29. The van der Waals surface area contributed by atoms with Crippen molar-refractivity contribution < 1.29 is 0 Å². The Morgan fingerprint density at radius 1 is 1.58 bits per heavy atom. The van der Waals surface area contributed by atoms with Crippen molar-refractivity contribution in [2.75, 3.05) is 5.88 Å². The second-order valence-corrected chi connectivity index (χ2v) is 3.02. The van der Waals surface area contributed by atoms with Gasteiger partial charge in [0.15, 0.2) is 0 Å². The van der Waals surface area contributed by atoms with Crippen molar-refractivity contribution in [2.24, 2.45) is 5.73 Å². The molecule has 0 unspecified atom stereocenters. The number of nitrogens with one attached hydrogen (secondary N) is 1. The monoisotopic (exact) mass is 229 g/mol. The number of halogens is 2. The number of hydrogen-bond acceptors (Lipinski definition) is 3. The van der Waals surface area contributed by atoms with Gasteiger partial charge in [0.05, 0.1) is 12.0 Å². The van der Waals surface area contributed by atoms with E-state index in [2.05, 4.69) is 9.97 Å². The fraction of sp³-hybridized carbons (Fsp3) is 0.500. The summed E-state index contributed by atoms with van der Waals surface area (Å²) in [5.74, 6) is 1.57. The van der Waals surface area contributed by atoms with Crippen LogP contribution in [0.15, 0.2) is 6.33 Å². The second-order valence-electron chi connectivity index (χ2n) is 1.99. The van der Waals surface area contributed by atoms with Crippen molar-refractivity contribution in [3.8, 4) is 0 Å². The highest BCUT2D eigenvalue weighted by molar-refractivity contribution is 7.98. The van der Waals surface area contributed by atoms with Crippen LogP contribution in [0.25, 0.3) is 0 Å². The molecule has 0 aliphatic rings. The number of aromatic nitrogens is 2. The van der Waals surface area contributed by atoms with E-state index in [1.54, 1.807) is 18.1 Å². The molecule has 1 rings (SSSR count). The summed E-state index contributed by atoms with van der Waals surface area (Å²) in [4.78, 5) is 7.13. The van der Waals surface area contributed by atoms with Crippen LogP contribution >= 0.6 is 36.6 Å². The molecule has 1 aromatic rings. The minimum absolute atomic E-state index is 0. The van der Waals surface area contributed by atoms with Gasteiger partial charge in [0.2, 0.25) is 0 Å². The zero-order valence-electron chi connectivity index (χ0n) is 6.74. The summed E-state index contributed by atoms with van der Waals surface area (Å²) in [5, 5.41) is 0. The molecule has 0 saturated heterocycles. The van der Waals surface area contributed by atoms with Crippen molar-refractivity contribution in [3.05, 3.63) is 17.7 Å². The van der Waals surface area contributed by atoms with E-state index in [-0.39, 0.29) is 24.8 Å². The van der Waals surface area contributed by atoms with Crippen molar-refractivity contribution in [3.63, 3.8) is 0 Å². The third-order valence-electron chi connectivity index (χ3n) is 1.29. The summed E-state index contributed by atoms with van der Waals surface area (Å²) >= 11 is 1.68. The Bertz CT molecular complexity index is 204. The molecule has 0 saturated carbocycles. The Labute approximate surface area is 88.7 Å². The number of nitrogens with two attached hydrogens (primary N) is 1. The summed E-state index contributed by atoms with van der Waals surface area (Å²) in [6.45, 7) is 2.01. The van der Waals surface area contributed by atoms with Crippen molar-refractivity contribution >= 4 is 36.6 Å². The Kier molecular flexibility index (Phi) is 9.42. The van der Waals surface area contributed by atoms with Gasteiger partial charge in [-0.3, -0.25) is 0 Å². The fourth-order valence-electron chi connectivity index (χ4n) is 0.688. The topological polar surface area (TPSA) is 54.7 Å². The number of H-pyrrole nitrogens is 1. The average molecular weight is 230 g/mol. The number of rotatable bonds is 3.